The number of fused-ring (bicyclic) bond motifs is 3. The number of nitrogens with two attached hydrogens (primary N) is 1. The molecule has 3 atom stereocenters. The fourth-order valence-corrected chi connectivity index (χ4v) is 8.04. The summed E-state index contributed by atoms with van der Waals surface area (Å²) >= 11 is 0. The number of esters is 2. The van der Waals surface area contributed by atoms with E-state index in [0.29, 0.717) is 59.7 Å². The van der Waals surface area contributed by atoms with Crippen molar-refractivity contribution in [3.63, 3.8) is 0 Å². The van der Waals surface area contributed by atoms with Crippen LogP contribution < -0.4 is 19.9 Å². The molecule has 410 valence electrons. The molecule has 0 radical (unpaired) electrons. The molecule has 0 saturated carbocycles. The van der Waals surface area contributed by atoms with E-state index in [2.05, 4.69) is 15.0 Å². The van der Waals surface area contributed by atoms with Crippen molar-refractivity contribution in [2.45, 2.75) is 132 Å². The van der Waals surface area contributed by atoms with Gasteiger partial charge in [0.15, 0.2) is 11.6 Å². The zero-order valence-corrected chi connectivity index (χ0v) is 46.4. The van der Waals surface area contributed by atoms with E-state index in [1.807, 2.05) is 132 Å². The number of aromatic amines is 3. The van der Waals surface area contributed by atoms with Crippen LogP contribution in [0.15, 0.2) is 72.8 Å². The number of carbonyl (C=O) groups is 6. The SMILES string of the molecule is CC(C)C[C@H](N)C(=O)OC(C)(C)C.COc1cccc2[nH]c(C(=O)C[C@@H](CC(C)C)C(=O)O)cc12.COc1cccc2[nH]c(C(=O)C[C@@H](CC(C)C)C(=O)OC(C)(C)C)cc12.COc1cccc2[nH]c(C(=O)O)cc12. The van der Waals surface area contributed by atoms with Crippen LogP contribution in [0.25, 0.3) is 32.7 Å². The number of hydrogen-bond donors (Lipinski definition) is 6. The molecule has 0 spiro atoms. The van der Waals surface area contributed by atoms with Crippen LogP contribution in [0.4, 0.5) is 0 Å². The van der Waals surface area contributed by atoms with Crippen LogP contribution in [0.3, 0.4) is 0 Å². The van der Waals surface area contributed by atoms with E-state index in [-0.39, 0.29) is 48.0 Å². The largest absolute Gasteiger partial charge is 0.496 e. The van der Waals surface area contributed by atoms with Crippen molar-refractivity contribution in [3.05, 3.63) is 89.9 Å². The topological polar surface area (TPSA) is 262 Å². The molecule has 3 aromatic heterocycles. The smallest absolute Gasteiger partial charge is 0.352 e. The molecule has 0 aliphatic carbocycles. The Bertz CT molecular complexity index is 2860. The van der Waals surface area contributed by atoms with Gasteiger partial charge in [-0.1, -0.05) is 59.7 Å². The lowest BCUT2D eigenvalue weighted by atomic mass is 9.91. The van der Waals surface area contributed by atoms with Gasteiger partial charge in [0.05, 0.1) is 44.6 Å². The summed E-state index contributed by atoms with van der Waals surface area (Å²) in [6, 6.07) is 21.1. The lowest BCUT2D eigenvalue weighted by Gasteiger charge is -2.24. The van der Waals surface area contributed by atoms with Crippen LogP contribution in [0, 0.1) is 29.6 Å². The molecule has 3 aromatic carbocycles. The number of carboxylic acids is 2. The van der Waals surface area contributed by atoms with Crippen molar-refractivity contribution >= 4 is 68.2 Å². The highest BCUT2D eigenvalue weighted by Crippen LogP contribution is 2.30. The molecule has 0 saturated heterocycles. The van der Waals surface area contributed by atoms with Crippen LogP contribution in [-0.2, 0) is 23.9 Å². The van der Waals surface area contributed by atoms with Crippen molar-refractivity contribution < 1.29 is 62.7 Å². The normalized spacial score (nSPS) is 12.6. The highest BCUT2D eigenvalue weighted by atomic mass is 16.6. The average Bonchev–Trinajstić information content (AvgIpc) is 4.08. The number of methoxy groups -OCH3 is 3. The first-order chi connectivity index (χ1) is 35.0. The lowest BCUT2D eigenvalue weighted by Crippen LogP contribution is -2.38. The van der Waals surface area contributed by atoms with Gasteiger partial charge in [-0.2, -0.15) is 0 Å². The molecule has 75 heavy (non-hydrogen) atoms. The quantitative estimate of drug-likeness (QED) is 0.0326. The van der Waals surface area contributed by atoms with Gasteiger partial charge in [-0.3, -0.25) is 24.0 Å². The minimum atomic E-state index is -0.969. The van der Waals surface area contributed by atoms with Crippen molar-refractivity contribution in [2.24, 2.45) is 35.3 Å². The second kappa shape index (κ2) is 28.0. The number of aromatic carboxylic acids is 1. The zero-order valence-electron chi connectivity index (χ0n) is 46.4. The molecule has 17 nitrogen and oxygen atoms in total. The van der Waals surface area contributed by atoms with Gasteiger partial charge < -0.3 is 54.6 Å². The van der Waals surface area contributed by atoms with Crippen molar-refractivity contribution in [3.8, 4) is 17.2 Å². The number of ketones is 2. The number of aromatic nitrogens is 3. The van der Waals surface area contributed by atoms with Gasteiger partial charge in [-0.25, -0.2) is 4.79 Å². The molecule has 0 aliphatic heterocycles. The Morgan fingerprint density at radius 3 is 1.17 bits per heavy atom. The summed E-state index contributed by atoms with van der Waals surface area (Å²) in [5.74, 6) is -0.877. The first kappa shape index (κ1) is 62.2. The summed E-state index contributed by atoms with van der Waals surface area (Å²) in [5.41, 5.74) is 8.14. The number of rotatable bonds is 19. The van der Waals surface area contributed by atoms with E-state index in [1.165, 1.54) is 0 Å². The minimum Gasteiger partial charge on any atom is -0.496 e. The van der Waals surface area contributed by atoms with Gasteiger partial charge in [-0.05, 0) is 133 Å². The third-order valence-electron chi connectivity index (χ3n) is 11.3. The van der Waals surface area contributed by atoms with Gasteiger partial charge in [0, 0.05) is 45.6 Å². The number of aliphatic carboxylic acids is 1. The summed E-state index contributed by atoms with van der Waals surface area (Å²) in [5, 5.41) is 20.5. The van der Waals surface area contributed by atoms with Gasteiger partial charge in [0.25, 0.3) is 0 Å². The Kier molecular flexibility index (Phi) is 23.2. The summed E-state index contributed by atoms with van der Waals surface area (Å²) in [4.78, 5) is 80.0. The zero-order chi connectivity index (χ0) is 56.5. The van der Waals surface area contributed by atoms with Gasteiger partial charge >= 0.3 is 23.9 Å². The predicted octanol–water partition coefficient (Wildman–Crippen LogP) is 11.8. The Hall–Kier alpha value is -7.14. The molecular weight excluding hydrogens is 961 g/mol. The molecule has 6 aromatic rings. The molecular formula is C58H80N4O13. The average molecular weight is 1040 g/mol. The number of H-pyrrole nitrogens is 3. The van der Waals surface area contributed by atoms with Gasteiger partial charge in [-0.15, -0.1) is 0 Å². The third kappa shape index (κ3) is 19.9. The molecule has 0 unspecified atom stereocenters. The van der Waals surface area contributed by atoms with Crippen LogP contribution >= 0.6 is 0 Å². The summed E-state index contributed by atoms with van der Waals surface area (Å²) in [6.07, 6.45) is 1.91. The number of carboxylic acid groups (broad SMARTS) is 2. The van der Waals surface area contributed by atoms with Gasteiger partial charge in [0.2, 0.25) is 0 Å². The van der Waals surface area contributed by atoms with E-state index in [1.54, 1.807) is 45.6 Å². The third-order valence-corrected chi connectivity index (χ3v) is 11.3. The monoisotopic (exact) mass is 1040 g/mol. The number of Topliss-reactive ketones (excluding diaryl/α,β-unsaturated/α-hetero) is 2. The van der Waals surface area contributed by atoms with E-state index in [9.17, 15) is 33.9 Å². The highest BCUT2D eigenvalue weighted by Gasteiger charge is 2.30. The highest BCUT2D eigenvalue weighted by molar-refractivity contribution is 6.03. The Balaban J connectivity index is 0.000000274. The number of hydrogen-bond acceptors (Lipinski definition) is 12. The molecule has 6 rings (SSSR count). The molecule has 17 heteroatoms. The Morgan fingerprint density at radius 1 is 0.507 bits per heavy atom. The number of benzene rings is 3. The molecule has 0 bridgehead atoms. The summed E-state index contributed by atoms with van der Waals surface area (Å²) in [6.45, 7) is 23.1. The number of nitrogens with one attached hydrogen (secondary N) is 3. The Morgan fingerprint density at radius 2 is 0.840 bits per heavy atom. The second-order valence-corrected chi connectivity index (χ2v) is 21.7. The van der Waals surface area contributed by atoms with Crippen molar-refractivity contribution in [1.82, 2.24) is 15.0 Å². The van der Waals surface area contributed by atoms with E-state index >= 15 is 0 Å². The van der Waals surface area contributed by atoms with E-state index in [4.69, 9.17) is 34.5 Å². The van der Waals surface area contributed by atoms with Crippen LogP contribution in [0.2, 0.25) is 0 Å². The maximum atomic E-state index is 12.8. The van der Waals surface area contributed by atoms with Crippen LogP contribution in [0.1, 0.15) is 147 Å². The van der Waals surface area contributed by atoms with Gasteiger partial charge in [0.1, 0.15) is 40.2 Å². The molecule has 7 N–H and O–H groups in total. The fraction of sp³-hybridized carbons (Fsp3) is 0.483. The minimum absolute atomic E-state index is 0.00263. The van der Waals surface area contributed by atoms with Crippen LogP contribution in [-0.4, -0.2) is 99.2 Å². The van der Waals surface area contributed by atoms with E-state index < -0.39 is 41.0 Å². The first-order valence-electron chi connectivity index (χ1n) is 25.2. The number of ether oxygens (including phenoxy) is 5. The lowest BCUT2D eigenvalue weighted by molar-refractivity contribution is -0.160. The maximum Gasteiger partial charge on any atom is 0.352 e. The predicted molar refractivity (Wildman–Crippen MR) is 292 cm³/mol. The second-order valence-electron chi connectivity index (χ2n) is 21.7. The standard InChI is InChI=1S/C21H29NO4.C17H21NO4.C10H9NO3.C10H21NO2/c1-13(2)10-14(20(24)26-21(3,4)5)11-18(23)17-12-15-16(22-17)8-7-9-19(15)25-6;1-10(2)7-11(17(20)21)8-15(19)14-9-12-13(18-14)5-4-6-16(12)22-3;1-14-9-4-2-3-7-6(9)5-8(11-7)10(12)13;1-7(2)6-8(11)9(12)13-10(3,4)5/h7-9,12-14,22H,10-11H2,1-6H3;4-6,9-11,18H,7-8H2,1-3H3,(H,20,21);2-5,11H,1H3,(H,12,13);7-8H,6,11H2,1-5H3/t14-;11-;;8-/m11.0/s1. The number of carbonyl (C=O) groups excluding carboxylic acids is 4. The summed E-state index contributed by atoms with van der Waals surface area (Å²) in [7, 11) is 4.74. The first-order valence-corrected chi connectivity index (χ1v) is 25.2. The van der Waals surface area contributed by atoms with Crippen LogP contribution in [0.5, 0.6) is 17.2 Å². The summed E-state index contributed by atoms with van der Waals surface area (Å²) < 4.78 is 26.4. The maximum absolute atomic E-state index is 12.8. The van der Waals surface area contributed by atoms with Crippen molar-refractivity contribution in [2.75, 3.05) is 21.3 Å². The fourth-order valence-electron chi connectivity index (χ4n) is 8.04. The molecule has 0 amide bonds. The molecule has 0 fully saturated rings. The van der Waals surface area contributed by atoms with E-state index in [0.717, 1.165) is 32.7 Å². The Labute approximate surface area is 440 Å². The van der Waals surface area contributed by atoms with Crippen molar-refractivity contribution in [1.29, 1.82) is 0 Å². The molecule has 0 aliphatic rings. The molecule has 3 heterocycles.